The number of carbonyl (C=O) groups is 3. The molecule has 1 saturated heterocycles. The Bertz CT molecular complexity index is 1130. The molecule has 7 rings (SSSR count). The molecule has 6 atom stereocenters. The van der Waals surface area contributed by atoms with Gasteiger partial charge in [0.05, 0.1) is 23.1 Å². The van der Waals surface area contributed by atoms with Gasteiger partial charge in [-0.2, -0.15) is 0 Å². The molecular formula is C26H24N2O3. The molecule has 0 aromatic heterocycles. The summed E-state index contributed by atoms with van der Waals surface area (Å²) in [6.07, 6.45) is 5.45. The van der Waals surface area contributed by atoms with Gasteiger partial charge in [-0.25, -0.2) is 4.90 Å². The molecule has 1 aliphatic heterocycles. The molecule has 2 aromatic carbocycles. The second kappa shape index (κ2) is 6.39. The van der Waals surface area contributed by atoms with Crippen LogP contribution in [0.4, 0.5) is 11.4 Å². The predicted octanol–water partition coefficient (Wildman–Crippen LogP) is 4.11. The van der Waals surface area contributed by atoms with Crippen molar-refractivity contribution in [1.29, 1.82) is 0 Å². The van der Waals surface area contributed by atoms with Gasteiger partial charge in [0.25, 0.3) is 5.91 Å². The van der Waals surface area contributed by atoms with Crippen molar-refractivity contribution in [2.45, 2.75) is 20.3 Å². The summed E-state index contributed by atoms with van der Waals surface area (Å²) in [6.45, 7) is 3.96. The van der Waals surface area contributed by atoms with E-state index in [2.05, 4.69) is 17.5 Å². The fourth-order valence-electron chi connectivity index (χ4n) is 6.30. The van der Waals surface area contributed by atoms with E-state index < -0.39 is 0 Å². The van der Waals surface area contributed by atoms with E-state index in [1.165, 1.54) is 4.90 Å². The highest BCUT2D eigenvalue weighted by Gasteiger charge is 2.67. The van der Waals surface area contributed by atoms with Crippen LogP contribution in [0.25, 0.3) is 0 Å². The first-order valence-electron chi connectivity index (χ1n) is 11.0. The maximum atomic E-state index is 13.5. The molecule has 31 heavy (non-hydrogen) atoms. The number of allylic oxidation sites excluding steroid dienone is 2. The quantitative estimate of drug-likeness (QED) is 0.609. The van der Waals surface area contributed by atoms with Gasteiger partial charge in [-0.1, -0.05) is 30.4 Å². The van der Waals surface area contributed by atoms with Gasteiger partial charge in [0, 0.05) is 5.69 Å². The lowest BCUT2D eigenvalue weighted by Gasteiger charge is -2.37. The highest BCUT2D eigenvalue weighted by atomic mass is 16.2. The van der Waals surface area contributed by atoms with Crippen molar-refractivity contribution in [1.82, 2.24) is 0 Å². The van der Waals surface area contributed by atoms with E-state index in [-0.39, 0.29) is 41.4 Å². The van der Waals surface area contributed by atoms with Crippen LogP contribution in [0.15, 0.2) is 54.6 Å². The number of benzene rings is 2. The SMILES string of the molecule is Cc1cc(C)cc(NC(=O)c2ccccc2N2C(=O)[C@@H]3[C@H]4C=C[C@@H]([C@@H]5C[C@H]45)[C@H]3C2=O)c1. The molecule has 2 aromatic rings. The molecule has 1 N–H and O–H groups in total. The Balaban J connectivity index is 1.34. The van der Waals surface area contributed by atoms with Crippen molar-refractivity contribution in [2.75, 3.05) is 10.2 Å². The first-order valence-corrected chi connectivity index (χ1v) is 11.0. The molecule has 5 heteroatoms. The number of amides is 3. The minimum Gasteiger partial charge on any atom is -0.322 e. The van der Waals surface area contributed by atoms with Crippen LogP contribution < -0.4 is 10.2 Å². The van der Waals surface area contributed by atoms with Crippen LogP contribution in [0, 0.1) is 49.4 Å². The Hall–Kier alpha value is -3.21. The van der Waals surface area contributed by atoms with E-state index in [1.807, 2.05) is 32.0 Å². The third-order valence-electron chi connectivity index (χ3n) is 7.53. The zero-order chi connectivity index (χ0) is 21.4. The smallest absolute Gasteiger partial charge is 0.257 e. The maximum absolute atomic E-state index is 13.5. The largest absolute Gasteiger partial charge is 0.322 e. The average molecular weight is 412 g/mol. The van der Waals surface area contributed by atoms with Crippen molar-refractivity contribution >= 4 is 29.1 Å². The first-order chi connectivity index (χ1) is 14.9. The van der Waals surface area contributed by atoms with Crippen LogP contribution in [-0.2, 0) is 9.59 Å². The molecule has 5 aliphatic rings. The normalized spacial score (nSPS) is 32.1. The van der Waals surface area contributed by atoms with Gasteiger partial charge in [-0.05, 0) is 79.3 Å². The molecule has 4 aliphatic carbocycles. The van der Waals surface area contributed by atoms with E-state index in [4.69, 9.17) is 0 Å². The van der Waals surface area contributed by atoms with Crippen LogP contribution in [0.2, 0.25) is 0 Å². The van der Waals surface area contributed by atoms with Crippen molar-refractivity contribution in [3.05, 3.63) is 71.3 Å². The van der Waals surface area contributed by atoms with Gasteiger partial charge >= 0.3 is 0 Å². The van der Waals surface area contributed by atoms with E-state index in [0.717, 1.165) is 17.5 Å². The number of hydrogen-bond donors (Lipinski definition) is 1. The van der Waals surface area contributed by atoms with Crippen LogP contribution >= 0.6 is 0 Å². The monoisotopic (exact) mass is 412 g/mol. The van der Waals surface area contributed by atoms with Gasteiger partial charge < -0.3 is 5.32 Å². The molecule has 5 nitrogen and oxygen atoms in total. The summed E-state index contributed by atoms with van der Waals surface area (Å²) in [6, 6.07) is 12.8. The molecular weight excluding hydrogens is 388 g/mol. The van der Waals surface area contributed by atoms with Gasteiger partial charge in [0.2, 0.25) is 11.8 Å². The van der Waals surface area contributed by atoms with Crippen molar-refractivity contribution < 1.29 is 14.4 Å². The summed E-state index contributed by atoms with van der Waals surface area (Å²) in [5, 5.41) is 2.94. The lowest BCUT2D eigenvalue weighted by Crippen LogP contribution is -2.40. The zero-order valence-electron chi connectivity index (χ0n) is 17.5. The average Bonchev–Trinajstić information content (AvgIpc) is 3.51. The lowest BCUT2D eigenvalue weighted by molar-refractivity contribution is -0.124. The standard InChI is InChI=1S/C26H24N2O3/c1-13-9-14(2)11-15(10-13)27-24(29)18-5-3-4-6-21(18)28-25(30)22-16-7-8-17(20-12-19(16)20)23(22)26(28)31/h3-11,16-17,19-20,22-23H,12H2,1-2H3,(H,27,29)/t16-,17-,19-,20+,22+,23+/m0/s1. The Morgan fingerprint density at radius 1 is 0.903 bits per heavy atom. The van der Waals surface area contributed by atoms with E-state index in [0.29, 0.717) is 28.8 Å². The molecule has 0 radical (unpaired) electrons. The number of para-hydroxylation sites is 1. The minimum absolute atomic E-state index is 0.147. The van der Waals surface area contributed by atoms with Gasteiger partial charge in [-0.15, -0.1) is 0 Å². The third kappa shape index (κ3) is 2.65. The van der Waals surface area contributed by atoms with E-state index in [9.17, 15) is 14.4 Å². The Morgan fingerprint density at radius 3 is 2.10 bits per heavy atom. The fraction of sp³-hybridized carbons (Fsp3) is 0.346. The van der Waals surface area contributed by atoms with Crippen molar-refractivity contribution in [3.8, 4) is 0 Å². The van der Waals surface area contributed by atoms with Gasteiger partial charge in [0.15, 0.2) is 0 Å². The number of aryl methyl sites for hydroxylation is 2. The van der Waals surface area contributed by atoms with Crippen LogP contribution in [-0.4, -0.2) is 17.7 Å². The first kappa shape index (κ1) is 18.6. The fourth-order valence-corrected chi connectivity index (χ4v) is 6.30. The molecule has 0 unspecified atom stereocenters. The second-order valence-electron chi connectivity index (χ2n) is 9.51. The van der Waals surface area contributed by atoms with Crippen LogP contribution in [0.3, 0.4) is 0 Å². The molecule has 1 heterocycles. The molecule has 0 spiro atoms. The number of hydrogen-bond acceptors (Lipinski definition) is 3. The van der Waals surface area contributed by atoms with Crippen molar-refractivity contribution in [2.24, 2.45) is 35.5 Å². The minimum atomic E-state index is -0.319. The topological polar surface area (TPSA) is 66.5 Å². The number of anilines is 2. The summed E-state index contributed by atoms with van der Waals surface area (Å²) in [4.78, 5) is 41.4. The van der Waals surface area contributed by atoms with E-state index in [1.54, 1.807) is 24.3 Å². The number of carbonyl (C=O) groups excluding carboxylic acids is 3. The lowest BCUT2D eigenvalue weighted by atomic mass is 9.63. The maximum Gasteiger partial charge on any atom is 0.257 e. The molecule has 2 bridgehead atoms. The number of rotatable bonds is 3. The highest BCUT2D eigenvalue weighted by molar-refractivity contribution is 6.25. The zero-order valence-corrected chi connectivity index (χ0v) is 17.5. The van der Waals surface area contributed by atoms with E-state index >= 15 is 0 Å². The van der Waals surface area contributed by atoms with Gasteiger partial charge in [0.1, 0.15) is 0 Å². The Kier molecular flexibility index (Phi) is 3.83. The number of nitrogens with zero attached hydrogens (tertiary/aromatic N) is 1. The Morgan fingerprint density at radius 2 is 1.48 bits per heavy atom. The highest BCUT2D eigenvalue weighted by Crippen LogP contribution is 2.65. The molecule has 156 valence electrons. The second-order valence-corrected chi connectivity index (χ2v) is 9.51. The molecule has 3 amide bonds. The summed E-state index contributed by atoms with van der Waals surface area (Å²) >= 11 is 0. The third-order valence-corrected chi connectivity index (χ3v) is 7.53. The molecule has 3 fully saturated rings. The summed E-state index contributed by atoms with van der Waals surface area (Å²) < 4.78 is 0. The van der Waals surface area contributed by atoms with Crippen LogP contribution in [0.1, 0.15) is 27.9 Å². The summed E-state index contributed by atoms with van der Waals surface area (Å²) in [5.74, 6) is 0.267. The Labute approximate surface area is 181 Å². The summed E-state index contributed by atoms with van der Waals surface area (Å²) in [7, 11) is 0. The summed E-state index contributed by atoms with van der Waals surface area (Å²) in [5.41, 5.74) is 3.54. The number of nitrogens with one attached hydrogen (secondary N) is 1. The number of imide groups is 1. The van der Waals surface area contributed by atoms with Gasteiger partial charge in [-0.3, -0.25) is 14.4 Å². The molecule has 2 saturated carbocycles. The predicted molar refractivity (Wildman–Crippen MR) is 118 cm³/mol. The van der Waals surface area contributed by atoms with Crippen LogP contribution in [0.5, 0.6) is 0 Å². The van der Waals surface area contributed by atoms with Crippen molar-refractivity contribution in [3.63, 3.8) is 0 Å².